The van der Waals surface area contributed by atoms with Crippen LogP contribution in [-0.4, -0.2) is 24.7 Å². The summed E-state index contributed by atoms with van der Waals surface area (Å²) >= 11 is 0. The van der Waals surface area contributed by atoms with E-state index in [-0.39, 0.29) is 18.1 Å². The molecule has 1 aliphatic heterocycles. The lowest BCUT2D eigenvalue weighted by Gasteiger charge is -2.16. The first kappa shape index (κ1) is 12.5. The third kappa shape index (κ3) is 4.65. The molecule has 1 fully saturated rings. The standard InChI is InChI=1S/C12H23NO2/c1-3-4-5-7-10(2)13-12(14)11-8-6-9-15-11/h10-11H,3-9H2,1-2H3,(H,13,14). The van der Waals surface area contributed by atoms with E-state index in [1.54, 1.807) is 0 Å². The molecule has 3 heteroatoms. The Bertz CT molecular complexity index is 188. The Labute approximate surface area is 92.6 Å². The molecule has 0 aliphatic carbocycles. The predicted octanol–water partition coefficient (Wildman–Crippen LogP) is 2.25. The lowest BCUT2D eigenvalue weighted by molar-refractivity contribution is -0.130. The van der Waals surface area contributed by atoms with Crippen LogP contribution in [0.15, 0.2) is 0 Å². The summed E-state index contributed by atoms with van der Waals surface area (Å²) in [6, 6.07) is 0.285. The Hall–Kier alpha value is -0.570. The molecule has 1 N–H and O–H groups in total. The summed E-state index contributed by atoms with van der Waals surface area (Å²) < 4.78 is 5.33. The van der Waals surface area contributed by atoms with Crippen LogP contribution in [0, 0.1) is 0 Å². The van der Waals surface area contributed by atoms with E-state index < -0.39 is 0 Å². The molecular formula is C12H23NO2. The molecule has 0 aromatic carbocycles. The van der Waals surface area contributed by atoms with Crippen molar-refractivity contribution in [2.45, 2.75) is 64.5 Å². The first-order valence-corrected chi connectivity index (χ1v) is 6.16. The van der Waals surface area contributed by atoms with E-state index in [1.807, 2.05) is 0 Å². The molecule has 0 spiro atoms. The van der Waals surface area contributed by atoms with Gasteiger partial charge in [0.05, 0.1) is 0 Å². The number of nitrogens with one attached hydrogen (secondary N) is 1. The zero-order valence-corrected chi connectivity index (χ0v) is 9.92. The van der Waals surface area contributed by atoms with Crippen molar-refractivity contribution < 1.29 is 9.53 Å². The minimum atomic E-state index is -0.182. The normalized spacial score (nSPS) is 22.7. The van der Waals surface area contributed by atoms with Crippen LogP contribution >= 0.6 is 0 Å². The van der Waals surface area contributed by atoms with Crippen LogP contribution in [0.1, 0.15) is 52.4 Å². The lowest BCUT2D eigenvalue weighted by atomic mass is 10.1. The first-order chi connectivity index (χ1) is 7.24. The SMILES string of the molecule is CCCCCC(C)NC(=O)C1CCCO1. The number of carbonyl (C=O) groups excluding carboxylic acids is 1. The van der Waals surface area contributed by atoms with E-state index in [0.29, 0.717) is 0 Å². The average Bonchev–Trinajstić information content (AvgIpc) is 2.70. The molecule has 1 amide bonds. The molecule has 1 aliphatic rings. The molecule has 2 unspecified atom stereocenters. The van der Waals surface area contributed by atoms with Crippen molar-refractivity contribution in [2.75, 3.05) is 6.61 Å². The van der Waals surface area contributed by atoms with Gasteiger partial charge in [-0.05, 0) is 26.2 Å². The largest absolute Gasteiger partial charge is 0.368 e. The summed E-state index contributed by atoms with van der Waals surface area (Å²) in [5.74, 6) is 0.0801. The predicted molar refractivity (Wildman–Crippen MR) is 60.7 cm³/mol. The molecule has 0 radical (unpaired) electrons. The van der Waals surface area contributed by atoms with E-state index in [1.165, 1.54) is 19.3 Å². The van der Waals surface area contributed by atoms with Gasteiger partial charge in [0.2, 0.25) is 5.91 Å². The molecule has 0 aromatic rings. The second kappa shape index (κ2) is 6.83. The minimum Gasteiger partial charge on any atom is -0.368 e. The van der Waals surface area contributed by atoms with E-state index in [4.69, 9.17) is 4.74 Å². The van der Waals surface area contributed by atoms with Gasteiger partial charge in [0.1, 0.15) is 6.10 Å². The molecule has 3 nitrogen and oxygen atoms in total. The number of hydrogen-bond donors (Lipinski definition) is 1. The van der Waals surface area contributed by atoms with Gasteiger partial charge in [-0.15, -0.1) is 0 Å². The highest BCUT2D eigenvalue weighted by molar-refractivity contribution is 5.81. The van der Waals surface area contributed by atoms with Crippen LogP contribution < -0.4 is 5.32 Å². The van der Waals surface area contributed by atoms with E-state index in [0.717, 1.165) is 25.9 Å². The smallest absolute Gasteiger partial charge is 0.249 e. The number of rotatable bonds is 6. The Morgan fingerprint density at radius 1 is 1.53 bits per heavy atom. The average molecular weight is 213 g/mol. The molecule has 1 heterocycles. The fourth-order valence-electron chi connectivity index (χ4n) is 1.89. The topological polar surface area (TPSA) is 38.3 Å². The van der Waals surface area contributed by atoms with Crippen LogP contribution in [0.5, 0.6) is 0 Å². The number of ether oxygens (including phenoxy) is 1. The molecule has 1 saturated heterocycles. The molecule has 1 rings (SSSR count). The summed E-state index contributed by atoms with van der Waals surface area (Å²) in [6.07, 6.45) is 6.47. The number of amides is 1. The van der Waals surface area contributed by atoms with Gasteiger partial charge in [-0.1, -0.05) is 26.2 Å². The van der Waals surface area contributed by atoms with Crippen LogP contribution in [-0.2, 0) is 9.53 Å². The second-order valence-electron chi connectivity index (χ2n) is 4.41. The van der Waals surface area contributed by atoms with Crippen molar-refractivity contribution >= 4 is 5.91 Å². The van der Waals surface area contributed by atoms with Crippen molar-refractivity contribution in [3.63, 3.8) is 0 Å². The summed E-state index contributed by atoms with van der Waals surface area (Å²) in [5, 5.41) is 3.02. The fourth-order valence-corrected chi connectivity index (χ4v) is 1.89. The van der Waals surface area contributed by atoms with Gasteiger partial charge < -0.3 is 10.1 Å². The van der Waals surface area contributed by atoms with Gasteiger partial charge >= 0.3 is 0 Å². The van der Waals surface area contributed by atoms with E-state index in [2.05, 4.69) is 19.2 Å². The molecule has 0 saturated carbocycles. The maximum atomic E-state index is 11.7. The first-order valence-electron chi connectivity index (χ1n) is 6.16. The highest BCUT2D eigenvalue weighted by Crippen LogP contribution is 2.12. The zero-order chi connectivity index (χ0) is 11.1. The Morgan fingerprint density at radius 2 is 2.33 bits per heavy atom. The quantitative estimate of drug-likeness (QED) is 0.687. The summed E-state index contributed by atoms with van der Waals surface area (Å²) in [7, 11) is 0. The van der Waals surface area contributed by atoms with Gasteiger partial charge in [0, 0.05) is 12.6 Å². The molecule has 15 heavy (non-hydrogen) atoms. The van der Waals surface area contributed by atoms with Crippen molar-refractivity contribution in [2.24, 2.45) is 0 Å². The van der Waals surface area contributed by atoms with Crippen molar-refractivity contribution in [1.29, 1.82) is 0 Å². The summed E-state index contributed by atoms with van der Waals surface area (Å²) in [5.41, 5.74) is 0. The third-order valence-electron chi connectivity index (χ3n) is 2.85. The number of carbonyl (C=O) groups is 1. The van der Waals surface area contributed by atoms with Crippen molar-refractivity contribution in [3.05, 3.63) is 0 Å². The molecule has 88 valence electrons. The van der Waals surface area contributed by atoms with Gasteiger partial charge in [-0.25, -0.2) is 0 Å². The third-order valence-corrected chi connectivity index (χ3v) is 2.85. The van der Waals surface area contributed by atoms with Crippen LogP contribution in [0.25, 0.3) is 0 Å². The number of unbranched alkanes of at least 4 members (excludes halogenated alkanes) is 2. The van der Waals surface area contributed by atoms with Gasteiger partial charge in [-0.3, -0.25) is 4.79 Å². The highest BCUT2D eigenvalue weighted by Gasteiger charge is 2.24. The summed E-state index contributed by atoms with van der Waals surface area (Å²) in [6.45, 7) is 5.00. The lowest BCUT2D eigenvalue weighted by Crippen LogP contribution is -2.39. The molecule has 0 aromatic heterocycles. The fraction of sp³-hybridized carbons (Fsp3) is 0.917. The van der Waals surface area contributed by atoms with Crippen LogP contribution in [0.4, 0.5) is 0 Å². The van der Waals surface area contributed by atoms with Gasteiger partial charge in [0.25, 0.3) is 0 Å². The maximum Gasteiger partial charge on any atom is 0.249 e. The van der Waals surface area contributed by atoms with Crippen molar-refractivity contribution in [3.8, 4) is 0 Å². The van der Waals surface area contributed by atoms with Crippen LogP contribution in [0.3, 0.4) is 0 Å². The monoisotopic (exact) mass is 213 g/mol. The minimum absolute atomic E-state index is 0.0801. The van der Waals surface area contributed by atoms with E-state index in [9.17, 15) is 4.79 Å². The second-order valence-corrected chi connectivity index (χ2v) is 4.41. The molecule has 0 bridgehead atoms. The van der Waals surface area contributed by atoms with Crippen LogP contribution in [0.2, 0.25) is 0 Å². The highest BCUT2D eigenvalue weighted by atomic mass is 16.5. The number of hydrogen-bond acceptors (Lipinski definition) is 2. The molecule has 2 atom stereocenters. The van der Waals surface area contributed by atoms with Crippen molar-refractivity contribution in [1.82, 2.24) is 5.32 Å². The summed E-state index contributed by atoms with van der Waals surface area (Å²) in [4.78, 5) is 11.7. The molecular weight excluding hydrogens is 190 g/mol. The Balaban J connectivity index is 2.13. The van der Waals surface area contributed by atoms with Gasteiger partial charge in [0.15, 0.2) is 0 Å². The van der Waals surface area contributed by atoms with E-state index >= 15 is 0 Å². The Kier molecular flexibility index (Phi) is 5.69. The Morgan fingerprint density at radius 3 is 2.93 bits per heavy atom. The van der Waals surface area contributed by atoms with Gasteiger partial charge in [-0.2, -0.15) is 0 Å². The zero-order valence-electron chi connectivity index (χ0n) is 9.92. The maximum absolute atomic E-state index is 11.7.